The summed E-state index contributed by atoms with van der Waals surface area (Å²) >= 11 is 0. The van der Waals surface area contributed by atoms with Crippen molar-refractivity contribution in [2.45, 2.75) is 46.0 Å². The summed E-state index contributed by atoms with van der Waals surface area (Å²) in [5, 5.41) is 3.40. The molecule has 0 aliphatic heterocycles. The Morgan fingerprint density at radius 1 is 1.24 bits per heavy atom. The molecule has 100 valence electrons. The highest BCUT2D eigenvalue weighted by atomic mass is 16.5. The number of rotatable bonds is 8. The SMILES string of the molecule is CNCC1(CCOCCC(C)C)CC2CC2C1. The highest BCUT2D eigenvalue weighted by Gasteiger charge is 2.52. The lowest BCUT2D eigenvalue weighted by atomic mass is 9.80. The number of ether oxygens (including phenoxy) is 1. The molecule has 2 saturated carbocycles. The van der Waals surface area contributed by atoms with Gasteiger partial charge < -0.3 is 10.1 Å². The summed E-state index contributed by atoms with van der Waals surface area (Å²) in [4.78, 5) is 0. The van der Waals surface area contributed by atoms with Crippen LogP contribution in [0.25, 0.3) is 0 Å². The van der Waals surface area contributed by atoms with E-state index in [4.69, 9.17) is 4.74 Å². The summed E-state index contributed by atoms with van der Waals surface area (Å²) < 4.78 is 5.80. The van der Waals surface area contributed by atoms with E-state index in [0.29, 0.717) is 5.41 Å². The van der Waals surface area contributed by atoms with Gasteiger partial charge in [-0.25, -0.2) is 0 Å². The van der Waals surface area contributed by atoms with E-state index >= 15 is 0 Å². The van der Waals surface area contributed by atoms with Gasteiger partial charge in [-0.2, -0.15) is 0 Å². The van der Waals surface area contributed by atoms with Crippen LogP contribution in [-0.4, -0.2) is 26.8 Å². The Morgan fingerprint density at radius 2 is 1.94 bits per heavy atom. The fourth-order valence-electron chi connectivity index (χ4n) is 3.53. The van der Waals surface area contributed by atoms with Crippen LogP contribution in [0.1, 0.15) is 46.0 Å². The second kappa shape index (κ2) is 5.71. The topological polar surface area (TPSA) is 21.3 Å². The number of nitrogens with one attached hydrogen (secondary N) is 1. The first-order valence-electron chi connectivity index (χ1n) is 7.37. The lowest BCUT2D eigenvalue weighted by Gasteiger charge is -2.30. The minimum Gasteiger partial charge on any atom is -0.381 e. The third kappa shape index (κ3) is 3.69. The van der Waals surface area contributed by atoms with Crippen LogP contribution in [0.2, 0.25) is 0 Å². The molecule has 2 nitrogen and oxygen atoms in total. The molecule has 2 rings (SSSR count). The van der Waals surface area contributed by atoms with E-state index in [1.54, 1.807) is 0 Å². The van der Waals surface area contributed by atoms with Crippen LogP contribution >= 0.6 is 0 Å². The van der Waals surface area contributed by atoms with Gasteiger partial charge in [0.15, 0.2) is 0 Å². The zero-order valence-electron chi connectivity index (χ0n) is 11.8. The largest absolute Gasteiger partial charge is 0.381 e. The maximum Gasteiger partial charge on any atom is 0.0471 e. The molecule has 0 aromatic rings. The van der Waals surface area contributed by atoms with Gasteiger partial charge in [0.1, 0.15) is 0 Å². The molecular formula is C15H29NO. The Kier molecular flexibility index (Phi) is 4.48. The van der Waals surface area contributed by atoms with E-state index in [-0.39, 0.29) is 0 Å². The van der Waals surface area contributed by atoms with Crippen LogP contribution in [0.3, 0.4) is 0 Å². The Balaban J connectivity index is 1.64. The molecule has 1 N–H and O–H groups in total. The van der Waals surface area contributed by atoms with E-state index in [2.05, 4.69) is 26.2 Å². The summed E-state index contributed by atoms with van der Waals surface area (Å²) in [6.45, 7) is 7.62. The lowest BCUT2D eigenvalue weighted by Crippen LogP contribution is -2.32. The molecule has 2 aliphatic carbocycles. The van der Waals surface area contributed by atoms with E-state index in [9.17, 15) is 0 Å². The molecule has 0 aromatic heterocycles. The fourth-order valence-corrected chi connectivity index (χ4v) is 3.53. The van der Waals surface area contributed by atoms with Gasteiger partial charge in [-0.15, -0.1) is 0 Å². The highest BCUT2D eigenvalue weighted by Crippen LogP contribution is 2.60. The first-order chi connectivity index (χ1) is 8.15. The minimum absolute atomic E-state index is 0.570. The maximum atomic E-state index is 5.80. The van der Waals surface area contributed by atoms with Crippen molar-refractivity contribution in [1.82, 2.24) is 5.32 Å². The van der Waals surface area contributed by atoms with Crippen LogP contribution in [0.4, 0.5) is 0 Å². The second-order valence-electron chi connectivity index (χ2n) is 6.74. The van der Waals surface area contributed by atoms with Gasteiger partial charge in [0, 0.05) is 19.8 Å². The van der Waals surface area contributed by atoms with Crippen molar-refractivity contribution < 1.29 is 4.74 Å². The van der Waals surface area contributed by atoms with Crippen molar-refractivity contribution in [3.8, 4) is 0 Å². The maximum absolute atomic E-state index is 5.80. The molecule has 2 heteroatoms. The normalized spacial score (nSPS) is 35.3. The first kappa shape index (κ1) is 13.4. The Bertz CT molecular complexity index is 229. The fraction of sp³-hybridized carbons (Fsp3) is 1.00. The molecule has 2 atom stereocenters. The molecule has 0 bridgehead atoms. The predicted octanol–water partition coefficient (Wildman–Crippen LogP) is 3.07. The van der Waals surface area contributed by atoms with E-state index < -0.39 is 0 Å². The zero-order chi connectivity index (χ0) is 12.3. The van der Waals surface area contributed by atoms with Crippen LogP contribution in [0.5, 0.6) is 0 Å². The van der Waals surface area contributed by atoms with E-state index in [1.165, 1.54) is 38.6 Å². The van der Waals surface area contributed by atoms with Crippen molar-refractivity contribution in [2.75, 3.05) is 26.8 Å². The first-order valence-corrected chi connectivity index (χ1v) is 7.37. The molecule has 0 amide bonds. The molecule has 17 heavy (non-hydrogen) atoms. The summed E-state index contributed by atoms with van der Waals surface area (Å²) in [6.07, 6.45) is 6.88. The van der Waals surface area contributed by atoms with Gasteiger partial charge in [0.25, 0.3) is 0 Å². The van der Waals surface area contributed by atoms with Gasteiger partial charge >= 0.3 is 0 Å². The molecule has 0 radical (unpaired) electrons. The Labute approximate surface area is 107 Å². The van der Waals surface area contributed by atoms with E-state index in [0.717, 1.165) is 31.0 Å². The minimum atomic E-state index is 0.570. The van der Waals surface area contributed by atoms with Gasteiger partial charge in [-0.05, 0) is 62.3 Å². The third-order valence-electron chi connectivity index (χ3n) is 4.63. The molecule has 0 aromatic carbocycles. The van der Waals surface area contributed by atoms with Crippen molar-refractivity contribution >= 4 is 0 Å². The van der Waals surface area contributed by atoms with Crippen molar-refractivity contribution in [3.63, 3.8) is 0 Å². The Morgan fingerprint density at radius 3 is 2.53 bits per heavy atom. The molecular weight excluding hydrogens is 210 g/mol. The lowest BCUT2D eigenvalue weighted by molar-refractivity contribution is 0.0832. The standard InChI is InChI=1S/C15H29NO/c1-12(2)4-6-17-7-5-15(11-16-3)9-13-8-14(13)10-15/h12-14,16H,4-11H2,1-3H3. The number of fused-ring (bicyclic) bond motifs is 1. The average molecular weight is 239 g/mol. The van der Waals surface area contributed by atoms with Crippen LogP contribution in [-0.2, 0) is 4.74 Å². The third-order valence-corrected chi connectivity index (χ3v) is 4.63. The van der Waals surface area contributed by atoms with E-state index in [1.807, 2.05) is 0 Å². The highest BCUT2D eigenvalue weighted by molar-refractivity contribution is 5.03. The zero-order valence-corrected chi connectivity index (χ0v) is 11.8. The Hall–Kier alpha value is -0.0800. The molecule has 2 aliphatic rings. The molecule has 0 saturated heterocycles. The van der Waals surface area contributed by atoms with Crippen LogP contribution in [0.15, 0.2) is 0 Å². The summed E-state index contributed by atoms with van der Waals surface area (Å²) in [5.74, 6) is 2.90. The summed E-state index contributed by atoms with van der Waals surface area (Å²) in [6, 6.07) is 0. The monoisotopic (exact) mass is 239 g/mol. The predicted molar refractivity (Wildman–Crippen MR) is 72.1 cm³/mol. The average Bonchev–Trinajstić information content (AvgIpc) is 2.87. The van der Waals surface area contributed by atoms with Crippen molar-refractivity contribution in [1.29, 1.82) is 0 Å². The van der Waals surface area contributed by atoms with Crippen LogP contribution < -0.4 is 5.32 Å². The van der Waals surface area contributed by atoms with Gasteiger partial charge in [0.05, 0.1) is 0 Å². The molecule has 2 unspecified atom stereocenters. The molecule has 0 heterocycles. The second-order valence-corrected chi connectivity index (χ2v) is 6.74. The van der Waals surface area contributed by atoms with Gasteiger partial charge in [-0.1, -0.05) is 13.8 Å². The summed E-state index contributed by atoms with van der Waals surface area (Å²) in [5.41, 5.74) is 0.570. The number of hydrogen-bond donors (Lipinski definition) is 1. The van der Waals surface area contributed by atoms with Crippen molar-refractivity contribution in [2.24, 2.45) is 23.2 Å². The molecule has 2 fully saturated rings. The smallest absolute Gasteiger partial charge is 0.0471 e. The summed E-state index contributed by atoms with van der Waals surface area (Å²) in [7, 11) is 2.09. The quantitative estimate of drug-likeness (QED) is 0.657. The molecule has 0 spiro atoms. The van der Waals surface area contributed by atoms with Crippen molar-refractivity contribution in [3.05, 3.63) is 0 Å². The van der Waals surface area contributed by atoms with Crippen LogP contribution in [0, 0.1) is 23.2 Å². The number of hydrogen-bond acceptors (Lipinski definition) is 2. The van der Waals surface area contributed by atoms with Gasteiger partial charge in [-0.3, -0.25) is 0 Å². The van der Waals surface area contributed by atoms with Gasteiger partial charge in [0.2, 0.25) is 0 Å².